The minimum Gasteiger partial charge on any atom is -0.457 e. The fourth-order valence-electron chi connectivity index (χ4n) is 2.37. The highest BCUT2D eigenvalue weighted by Gasteiger charge is 2.10. The van der Waals surface area contributed by atoms with Crippen LogP contribution < -0.4 is 0 Å². The normalized spacial score (nSPS) is 10.8. The van der Waals surface area contributed by atoms with Crippen molar-refractivity contribution in [2.24, 2.45) is 0 Å². The summed E-state index contributed by atoms with van der Waals surface area (Å²) in [6, 6.07) is 14.6. The summed E-state index contributed by atoms with van der Waals surface area (Å²) in [6.45, 7) is 0. The van der Waals surface area contributed by atoms with E-state index in [0.29, 0.717) is 22.6 Å². The number of furan rings is 1. The molecule has 0 aliphatic rings. The molecule has 0 amide bonds. The van der Waals surface area contributed by atoms with Gasteiger partial charge in [0.2, 0.25) is 0 Å². The van der Waals surface area contributed by atoms with E-state index in [1.165, 1.54) is 48.6 Å². The van der Waals surface area contributed by atoms with Crippen LogP contribution in [0.25, 0.3) is 17.4 Å². The van der Waals surface area contributed by atoms with Gasteiger partial charge < -0.3 is 4.42 Å². The third kappa shape index (κ3) is 4.13. The number of carbonyl (C=O) groups is 1. The maximum absolute atomic E-state index is 12.1. The Morgan fingerprint density at radius 1 is 0.889 bits per heavy atom. The van der Waals surface area contributed by atoms with Gasteiger partial charge in [-0.1, -0.05) is 12.1 Å². The zero-order valence-electron chi connectivity index (χ0n) is 13.8. The smallest absolute Gasteiger partial charge is 0.270 e. The van der Waals surface area contributed by atoms with Gasteiger partial charge in [0.1, 0.15) is 11.5 Å². The lowest BCUT2D eigenvalue weighted by molar-refractivity contribution is -0.385. The van der Waals surface area contributed by atoms with Gasteiger partial charge in [-0.25, -0.2) is 0 Å². The van der Waals surface area contributed by atoms with Gasteiger partial charge in [0.25, 0.3) is 11.4 Å². The first kappa shape index (κ1) is 17.7. The lowest BCUT2D eigenvalue weighted by atomic mass is 10.1. The molecule has 0 fully saturated rings. The molecule has 134 valence electrons. The number of nitro groups is 2. The Balaban J connectivity index is 1.75. The standard InChI is InChI=1S/C19H12N2O6/c22-18(13-4-6-15(7-5-13)20(23)24)10-8-17-9-11-19(27-17)14-2-1-3-16(12-14)21(25)26/h1-12H/b10-8+. The van der Waals surface area contributed by atoms with Gasteiger partial charge in [0.15, 0.2) is 5.78 Å². The van der Waals surface area contributed by atoms with Gasteiger partial charge in [0, 0.05) is 35.4 Å². The molecule has 3 aromatic rings. The average molecular weight is 364 g/mol. The van der Waals surface area contributed by atoms with Gasteiger partial charge in [-0.05, 0) is 36.4 Å². The minimum atomic E-state index is -0.539. The van der Waals surface area contributed by atoms with Crippen LogP contribution in [0, 0.1) is 20.2 Å². The summed E-state index contributed by atoms with van der Waals surface area (Å²) in [5, 5.41) is 21.5. The van der Waals surface area contributed by atoms with Crippen molar-refractivity contribution in [1.82, 2.24) is 0 Å². The van der Waals surface area contributed by atoms with E-state index >= 15 is 0 Å². The largest absolute Gasteiger partial charge is 0.457 e. The molecule has 1 aromatic heterocycles. The second kappa shape index (κ2) is 7.44. The maximum Gasteiger partial charge on any atom is 0.270 e. The number of nitro benzene ring substituents is 2. The minimum absolute atomic E-state index is 0.0469. The van der Waals surface area contributed by atoms with Gasteiger partial charge in [0.05, 0.1) is 9.85 Å². The van der Waals surface area contributed by atoms with Gasteiger partial charge in [-0.15, -0.1) is 0 Å². The maximum atomic E-state index is 12.1. The van der Waals surface area contributed by atoms with Gasteiger partial charge in [-0.2, -0.15) is 0 Å². The number of ketones is 1. The molecule has 27 heavy (non-hydrogen) atoms. The first-order chi connectivity index (χ1) is 12.9. The molecule has 0 N–H and O–H groups in total. The Morgan fingerprint density at radius 2 is 1.59 bits per heavy atom. The number of hydrogen-bond donors (Lipinski definition) is 0. The Hall–Kier alpha value is -4.07. The molecule has 0 aliphatic heterocycles. The molecule has 0 saturated carbocycles. The Morgan fingerprint density at radius 3 is 2.26 bits per heavy atom. The molecule has 8 nitrogen and oxygen atoms in total. The molecular weight excluding hydrogens is 352 g/mol. The van der Waals surface area contributed by atoms with Crippen LogP contribution in [0.1, 0.15) is 16.1 Å². The summed E-state index contributed by atoms with van der Waals surface area (Å²) in [6.07, 6.45) is 2.75. The van der Waals surface area contributed by atoms with Crippen LogP contribution in [0.3, 0.4) is 0 Å². The molecule has 2 aromatic carbocycles. The summed E-state index contributed by atoms with van der Waals surface area (Å²) in [7, 11) is 0. The van der Waals surface area contributed by atoms with Crippen molar-refractivity contribution >= 4 is 23.2 Å². The monoisotopic (exact) mass is 364 g/mol. The molecule has 0 aliphatic carbocycles. The number of rotatable bonds is 6. The zero-order chi connectivity index (χ0) is 19.4. The topological polar surface area (TPSA) is 116 Å². The summed E-state index contributed by atoms with van der Waals surface area (Å²) in [5.74, 6) is 0.492. The lowest BCUT2D eigenvalue weighted by Crippen LogP contribution is -1.95. The number of benzene rings is 2. The summed E-state index contributed by atoms with van der Waals surface area (Å²) in [5.41, 5.74) is 0.713. The highest BCUT2D eigenvalue weighted by molar-refractivity contribution is 6.06. The van der Waals surface area contributed by atoms with Crippen LogP contribution in [0.5, 0.6) is 0 Å². The molecule has 8 heteroatoms. The number of hydrogen-bond acceptors (Lipinski definition) is 6. The second-order valence-corrected chi connectivity index (χ2v) is 5.51. The number of non-ortho nitro benzene ring substituents is 2. The predicted molar refractivity (Wildman–Crippen MR) is 97.3 cm³/mol. The molecular formula is C19H12N2O6. The van der Waals surface area contributed by atoms with E-state index in [4.69, 9.17) is 4.42 Å². The van der Waals surface area contributed by atoms with Gasteiger partial charge in [-0.3, -0.25) is 25.0 Å². The van der Waals surface area contributed by atoms with E-state index in [0.717, 1.165) is 0 Å². The lowest BCUT2D eigenvalue weighted by Gasteiger charge is -1.97. The van der Waals surface area contributed by atoms with Crippen LogP contribution in [0.15, 0.2) is 71.2 Å². The van der Waals surface area contributed by atoms with Crippen molar-refractivity contribution in [3.8, 4) is 11.3 Å². The third-order valence-corrected chi connectivity index (χ3v) is 3.73. The highest BCUT2D eigenvalue weighted by Crippen LogP contribution is 2.26. The average Bonchev–Trinajstić information content (AvgIpc) is 3.15. The molecule has 3 rings (SSSR count). The van der Waals surface area contributed by atoms with Crippen molar-refractivity contribution < 1.29 is 19.1 Å². The summed E-state index contributed by atoms with van der Waals surface area (Å²) >= 11 is 0. The SMILES string of the molecule is O=C(/C=C/c1ccc(-c2cccc([N+](=O)[O-])c2)o1)c1ccc([N+](=O)[O-])cc1. The van der Waals surface area contributed by atoms with E-state index in [1.807, 2.05) is 0 Å². The van der Waals surface area contributed by atoms with Crippen molar-refractivity contribution in [1.29, 1.82) is 0 Å². The van der Waals surface area contributed by atoms with Crippen LogP contribution >= 0.6 is 0 Å². The van der Waals surface area contributed by atoms with Crippen molar-refractivity contribution in [3.63, 3.8) is 0 Å². The molecule has 0 bridgehead atoms. The number of nitrogens with zero attached hydrogens (tertiary/aromatic N) is 2. The molecule has 0 atom stereocenters. The molecule has 0 radical (unpaired) electrons. The van der Waals surface area contributed by atoms with Crippen molar-refractivity contribution in [2.75, 3.05) is 0 Å². The van der Waals surface area contributed by atoms with E-state index in [-0.39, 0.29) is 17.2 Å². The Labute approximate surface area is 152 Å². The second-order valence-electron chi connectivity index (χ2n) is 5.51. The molecule has 0 unspecified atom stereocenters. The van der Waals surface area contributed by atoms with E-state index < -0.39 is 9.85 Å². The number of carbonyl (C=O) groups excluding carboxylic acids is 1. The van der Waals surface area contributed by atoms with Gasteiger partial charge >= 0.3 is 0 Å². The molecule has 0 spiro atoms. The van der Waals surface area contributed by atoms with Crippen molar-refractivity contribution in [2.45, 2.75) is 0 Å². The van der Waals surface area contributed by atoms with E-state index in [2.05, 4.69) is 0 Å². The van der Waals surface area contributed by atoms with E-state index in [9.17, 15) is 25.0 Å². The fourth-order valence-corrected chi connectivity index (χ4v) is 2.37. The Bertz CT molecular complexity index is 1050. The Kier molecular flexibility index (Phi) is 4.89. The zero-order valence-corrected chi connectivity index (χ0v) is 13.8. The number of allylic oxidation sites excluding steroid dienone is 1. The summed E-state index contributed by atoms with van der Waals surface area (Å²) in [4.78, 5) is 32.6. The first-order valence-electron chi connectivity index (χ1n) is 7.75. The van der Waals surface area contributed by atoms with Crippen LogP contribution in [-0.4, -0.2) is 15.6 Å². The van der Waals surface area contributed by atoms with Crippen LogP contribution in [-0.2, 0) is 0 Å². The fraction of sp³-hybridized carbons (Fsp3) is 0. The molecule has 0 saturated heterocycles. The van der Waals surface area contributed by atoms with Crippen LogP contribution in [0.4, 0.5) is 11.4 Å². The quantitative estimate of drug-likeness (QED) is 0.272. The van der Waals surface area contributed by atoms with Crippen LogP contribution in [0.2, 0.25) is 0 Å². The summed E-state index contributed by atoms with van der Waals surface area (Å²) < 4.78 is 5.59. The molecule has 1 heterocycles. The predicted octanol–water partition coefficient (Wildman–Crippen LogP) is 4.66. The third-order valence-electron chi connectivity index (χ3n) is 3.73. The first-order valence-corrected chi connectivity index (χ1v) is 7.75. The van der Waals surface area contributed by atoms with Crippen molar-refractivity contribution in [3.05, 3.63) is 98.3 Å². The highest BCUT2D eigenvalue weighted by atomic mass is 16.6. The van der Waals surface area contributed by atoms with E-state index in [1.54, 1.807) is 24.3 Å².